The number of halogens is 2. The zero-order valence-electron chi connectivity index (χ0n) is 18.1. The third kappa shape index (κ3) is 6.88. The molecule has 8 nitrogen and oxygen atoms in total. The average molecular weight is 497 g/mol. The lowest BCUT2D eigenvalue weighted by Crippen LogP contribution is -2.55. The molecule has 1 aromatic heterocycles. The Morgan fingerprint density at radius 3 is 2.69 bits per heavy atom. The summed E-state index contributed by atoms with van der Waals surface area (Å²) in [5.74, 6) is 0.813. The molecule has 2 aromatic rings. The maximum Gasteiger partial charge on any atom is 0.322 e. The van der Waals surface area contributed by atoms with E-state index in [1.165, 1.54) is 11.8 Å². The molecule has 3 amide bonds. The van der Waals surface area contributed by atoms with Crippen LogP contribution in [0.15, 0.2) is 35.5 Å². The number of nitrogens with one attached hydrogen (secondary N) is 2. The number of anilines is 2. The molecule has 3 rings (SSSR count). The van der Waals surface area contributed by atoms with Crippen LogP contribution >= 0.6 is 35.0 Å². The van der Waals surface area contributed by atoms with Gasteiger partial charge in [-0.25, -0.2) is 14.8 Å². The lowest BCUT2D eigenvalue weighted by Gasteiger charge is -2.40. The molecule has 1 aromatic carbocycles. The van der Waals surface area contributed by atoms with Gasteiger partial charge in [-0.1, -0.05) is 41.0 Å². The molecule has 32 heavy (non-hydrogen) atoms. The Kier molecular flexibility index (Phi) is 8.44. The molecule has 172 valence electrons. The van der Waals surface area contributed by atoms with E-state index >= 15 is 0 Å². The van der Waals surface area contributed by atoms with E-state index in [9.17, 15) is 9.59 Å². The van der Waals surface area contributed by atoms with Crippen molar-refractivity contribution in [3.8, 4) is 0 Å². The predicted molar refractivity (Wildman–Crippen MR) is 130 cm³/mol. The van der Waals surface area contributed by atoms with Crippen molar-refractivity contribution in [2.45, 2.75) is 38.0 Å². The molecule has 1 fully saturated rings. The number of piperazine rings is 1. The number of amides is 3. The monoisotopic (exact) mass is 496 g/mol. The Morgan fingerprint density at radius 2 is 2.00 bits per heavy atom. The van der Waals surface area contributed by atoms with Crippen molar-refractivity contribution in [3.05, 3.63) is 40.5 Å². The van der Waals surface area contributed by atoms with Crippen molar-refractivity contribution in [3.63, 3.8) is 0 Å². The van der Waals surface area contributed by atoms with Crippen molar-refractivity contribution >= 4 is 58.4 Å². The fourth-order valence-corrected chi connectivity index (χ4v) is 4.42. The summed E-state index contributed by atoms with van der Waals surface area (Å²) in [6, 6.07) is 8.62. The van der Waals surface area contributed by atoms with Gasteiger partial charge in [0.15, 0.2) is 5.16 Å². The highest BCUT2D eigenvalue weighted by molar-refractivity contribution is 7.99. The van der Waals surface area contributed by atoms with E-state index in [1.807, 2.05) is 20.8 Å². The predicted octanol–water partition coefficient (Wildman–Crippen LogP) is 4.14. The SMILES string of the molecule is CC(C)NC(=O)CSc1nc(Cl)cc(N2CCN(C(=O)Nc3cccc(Cl)c3)C(C)C2)n1. The van der Waals surface area contributed by atoms with Gasteiger partial charge in [-0.3, -0.25) is 4.79 Å². The zero-order valence-corrected chi connectivity index (χ0v) is 20.5. The van der Waals surface area contributed by atoms with Crippen LogP contribution in [0.2, 0.25) is 10.2 Å². The van der Waals surface area contributed by atoms with E-state index in [2.05, 4.69) is 25.5 Å². The van der Waals surface area contributed by atoms with Crippen LogP contribution in [0.3, 0.4) is 0 Å². The van der Waals surface area contributed by atoms with Gasteiger partial charge in [0, 0.05) is 48.5 Å². The summed E-state index contributed by atoms with van der Waals surface area (Å²) in [4.78, 5) is 37.3. The van der Waals surface area contributed by atoms with Gasteiger partial charge in [-0.15, -0.1) is 0 Å². The minimum absolute atomic E-state index is 0.0513. The number of thioether (sulfide) groups is 1. The van der Waals surface area contributed by atoms with Crippen LogP contribution in [0.4, 0.5) is 16.3 Å². The number of hydrogen-bond donors (Lipinski definition) is 2. The van der Waals surface area contributed by atoms with E-state index < -0.39 is 0 Å². The van der Waals surface area contributed by atoms with Gasteiger partial charge in [0.25, 0.3) is 0 Å². The third-order valence-electron chi connectivity index (χ3n) is 4.73. The van der Waals surface area contributed by atoms with Crippen molar-refractivity contribution < 1.29 is 9.59 Å². The molecule has 2 N–H and O–H groups in total. The molecule has 1 aliphatic heterocycles. The number of hydrogen-bond acceptors (Lipinski definition) is 6. The largest absolute Gasteiger partial charge is 0.353 e. The van der Waals surface area contributed by atoms with Gasteiger partial charge in [-0.05, 0) is 39.0 Å². The first-order chi connectivity index (χ1) is 15.2. The van der Waals surface area contributed by atoms with E-state index in [1.54, 1.807) is 35.2 Å². The quantitative estimate of drug-likeness (QED) is 0.354. The molecule has 11 heteroatoms. The second kappa shape index (κ2) is 11.1. The fourth-order valence-electron chi connectivity index (χ4n) is 3.33. The van der Waals surface area contributed by atoms with E-state index in [-0.39, 0.29) is 29.8 Å². The summed E-state index contributed by atoms with van der Waals surface area (Å²) in [5, 5.41) is 7.06. The van der Waals surface area contributed by atoms with Crippen LogP contribution in [0.5, 0.6) is 0 Å². The lowest BCUT2D eigenvalue weighted by atomic mass is 10.2. The van der Waals surface area contributed by atoms with Crippen LogP contribution < -0.4 is 15.5 Å². The number of urea groups is 1. The molecule has 0 radical (unpaired) electrons. The van der Waals surface area contributed by atoms with Gasteiger partial charge in [0.05, 0.1) is 5.75 Å². The topological polar surface area (TPSA) is 90.5 Å². The summed E-state index contributed by atoms with van der Waals surface area (Å²) >= 11 is 13.4. The fraction of sp³-hybridized carbons (Fsp3) is 0.429. The van der Waals surface area contributed by atoms with Crippen LogP contribution in [0, 0.1) is 0 Å². The Balaban J connectivity index is 1.61. The maximum absolute atomic E-state index is 12.7. The number of carbonyl (C=O) groups excluding carboxylic acids is 2. The van der Waals surface area contributed by atoms with E-state index in [4.69, 9.17) is 23.2 Å². The molecular weight excluding hydrogens is 471 g/mol. The summed E-state index contributed by atoms with van der Waals surface area (Å²) in [7, 11) is 0. The zero-order chi connectivity index (χ0) is 23.3. The number of benzene rings is 1. The highest BCUT2D eigenvalue weighted by Gasteiger charge is 2.28. The Hall–Kier alpha value is -2.23. The highest BCUT2D eigenvalue weighted by Crippen LogP contribution is 2.24. The first-order valence-electron chi connectivity index (χ1n) is 10.3. The molecule has 0 spiro atoms. The summed E-state index contributed by atoms with van der Waals surface area (Å²) in [6.45, 7) is 7.51. The molecule has 2 heterocycles. The first-order valence-corrected chi connectivity index (χ1v) is 12.0. The highest BCUT2D eigenvalue weighted by atomic mass is 35.5. The average Bonchev–Trinajstić information content (AvgIpc) is 2.71. The summed E-state index contributed by atoms with van der Waals surface area (Å²) < 4.78 is 0. The molecule has 0 aliphatic carbocycles. The number of carbonyl (C=O) groups is 2. The van der Waals surface area contributed by atoms with Gasteiger partial charge >= 0.3 is 6.03 Å². The molecule has 1 aliphatic rings. The molecular formula is C21H26Cl2N6O2S. The third-order valence-corrected chi connectivity index (χ3v) is 6.01. The standard InChI is InChI=1S/C21H26Cl2N6O2S/c1-13(2)24-19(30)12-32-20-26-17(23)10-18(27-20)28-7-8-29(14(3)11-28)21(31)25-16-6-4-5-15(22)9-16/h4-6,9-10,13-14H,7-8,11-12H2,1-3H3,(H,24,30)(H,25,31). The second-order valence-electron chi connectivity index (χ2n) is 7.77. The lowest BCUT2D eigenvalue weighted by molar-refractivity contribution is -0.119. The molecule has 0 saturated carbocycles. The Morgan fingerprint density at radius 1 is 1.22 bits per heavy atom. The molecule has 1 unspecified atom stereocenters. The Bertz CT molecular complexity index is 977. The number of rotatable bonds is 6. The molecule has 0 bridgehead atoms. The normalized spacial score (nSPS) is 16.2. The number of nitrogens with zero attached hydrogens (tertiary/aromatic N) is 4. The summed E-state index contributed by atoms with van der Waals surface area (Å²) in [6.07, 6.45) is 0. The second-order valence-corrected chi connectivity index (χ2v) is 9.54. The number of aromatic nitrogens is 2. The van der Waals surface area contributed by atoms with Crippen molar-refractivity contribution in [1.29, 1.82) is 0 Å². The van der Waals surface area contributed by atoms with Crippen molar-refractivity contribution in [2.75, 3.05) is 35.6 Å². The van der Waals surface area contributed by atoms with Gasteiger partial charge < -0.3 is 20.4 Å². The van der Waals surface area contributed by atoms with Gasteiger partial charge in [-0.2, -0.15) is 0 Å². The Labute approximate surface area is 202 Å². The van der Waals surface area contributed by atoms with Gasteiger partial charge in [0.1, 0.15) is 11.0 Å². The van der Waals surface area contributed by atoms with Crippen LogP contribution in [0.25, 0.3) is 0 Å². The minimum atomic E-state index is -0.174. The van der Waals surface area contributed by atoms with Crippen molar-refractivity contribution in [1.82, 2.24) is 20.2 Å². The molecule has 1 saturated heterocycles. The van der Waals surface area contributed by atoms with E-state index in [0.29, 0.717) is 46.5 Å². The first kappa shape index (κ1) is 24.4. The van der Waals surface area contributed by atoms with E-state index in [0.717, 1.165) is 0 Å². The summed E-state index contributed by atoms with van der Waals surface area (Å²) in [5.41, 5.74) is 0.655. The van der Waals surface area contributed by atoms with Crippen LogP contribution in [-0.2, 0) is 4.79 Å². The smallest absolute Gasteiger partial charge is 0.322 e. The van der Waals surface area contributed by atoms with Gasteiger partial charge in [0.2, 0.25) is 5.91 Å². The maximum atomic E-state index is 12.7. The van der Waals surface area contributed by atoms with Crippen LogP contribution in [-0.4, -0.2) is 64.3 Å². The molecule has 1 atom stereocenters. The van der Waals surface area contributed by atoms with Crippen molar-refractivity contribution in [2.24, 2.45) is 0 Å². The van der Waals surface area contributed by atoms with Crippen LogP contribution in [0.1, 0.15) is 20.8 Å². The minimum Gasteiger partial charge on any atom is -0.353 e.